The van der Waals surface area contributed by atoms with Crippen molar-refractivity contribution in [3.63, 3.8) is 0 Å². The maximum absolute atomic E-state index is 11.6. The minimum atomic E-state index is -3.78. The molecule has 2 rings (SSSR count). The summed E-state index contributed by atoms with van der Waals surface area (Å²) >= 11 is 0. The fourth-order valence-corrected chi connectivity index (χ4v) is 2.92. The summed E-state index contributed by atoms with van der Waals surface area (Å²) < 4.78 is 30.6. The number of nitrogens with zero attached hydrogens (tertiary/aromatic N) is 1. The summed E-state index contributed by atoms with van der Waals surface area (Å²) in [6.45, 7) is -0.242. The highest BCUT2D eigenvalue weighted by molar-refractivity contribution is 7.88. The molecule has 1 fully saturated rings. The first-order chi connectivity index (χ1) is 9.33. The molecule has 20 heavy (non-hydrogen) atoms. The summed E-state index contributed by atoms with van der Waals surface area (Å²) in [4.78, 5) is 22.5. The number of esters is 1. The van der Waals surface area contributed by atoms with Crippen molar-refractivity contribution in [1.82, 2.24) is 9.03 Å². The number of rotatable bonds is 3. The third-order valence-corrected chi connectivity index (χ3v) is 4.21. The van der Waals surface area contributed by atoms with E-state index in [1.165, 1.54) is 19.2 Å². The smallest absolute Gasteiger partial charge is 0.339 e. The van der Waals surface area contributed by atoms with Gasteiger partial charge in [-0.3, -0.25) is 4.79 Å². The van der Waals surface area contributed by atoms with Crippen LogP contribution in [-0.4, -0.2) is 38.3 Å². The van der Waals surface area contributed by atoms with Crippen LogP contribution in [0.2, 0.25) is 0 Å². The third kappa shape index (κ3) is 2.73. The molecule has 1 amide bonds. The van der Waals surface area contributed by atoms with Gasteiger partial charge >= 0.3 is 16.2 Å². The van der Waals surface area contributed by atoms with Gasteiger partial charge in [-0.25, -0.2) is 9.52 Å². The van der Waals surface area contributed by atoms with Crippen LogP contribution in [0.1, 0.15) is 15.9 Å². The van der Waals surface area contributed by atoms with Crippen LogP contribution in [-0.2, 0) is 26.3 Å². The minimum absolute atomic E-state index is 0.00722. The number of methoxy groups -OCH3 is 1. The van der Waals surface area contributed by atoms with Crippen molar-refractivity contribution >= 4 is 27.8 Å². The third-order valence-electron chi connectivity index (χ3n) is 2.78. The number of ether oxygens (including phenoxy) is 1. The zero-order valence-electron chi connectivity index (χ0n) is 10.6. The number of carbonyl (C=O) groups excluding carboxylic acids is 2. The lowest BCUT2D eigenvalue weighted by molar-refractivity contribution is -0.118. The largest absolute Gasteiger partial charge is 0.465 e. The van der Waals surface area contributed by atoms with Gasteiger partial charge in [0.05, 0.1) is 19.2 Å². The Kier molecular flexibility index (Phi) is 3.64. The SMILES string of the molecule is COC(=O)c1ccc(CN2CC(=O)NS2(=O)=O)cc1N. The van der Waals surface area contributed by atoms with Crippen LogP contribution < -0.4 is 10.5 Å². The van der Waals surface area contributed by atoms with Gasteiger partial charge in [0.15, 0.2) is 0 Å². The molecule has 1 saturated heterocycles. The normalized spacial score (nSPS) is 17.8. The van der Waals surface area contributed by atoms with Crippen molar-refractivity contribution in [2.75, 3.05) is 19.4 Å². The highest BCUT2D eigenvalue weighted by Gasteiger charge is 2.33. The Bertz CT molecular complexity index is 671. The molecule has 0 bridgehead atoms. The van der Waals surface area contributed by atoms with E-state index in [0.29, 0.717) is 5.56 Å². The van der Waals surface area contributed by atoms with Gasteiger partial charge in [0, 0.05) is 12.2 Å². The monoisotopic (exact) mass is 299 g/mol. The predicted molar refractivity (Wildman–Crippen MR) is 69.7 cm³/mol. The molecule has 3 N–H and O–H groups in total. The zero-order valence-corrected chi connectivity index (χ0v) is 11.4. The first-order valence-electron chi connectivity index (χ1n) is 5.61. The predicted octanol–water partition coefficient (Wildman–Crippen LogP) is -0.768. The second kappa shape index (κ2) is 5.10. The summed E-state index contributed by atoms with van der Waals surface area (Å²) in [6, 6.07) is 4.49. The second-order valence-corrected chi connectivity index (χ2v) is 5.88. The number of carbonyl (C=O) groups is 2. The number of benzene rings is 1. The maximum Gasteiger partial charge on any atom is 0.339 e. The van der Waals surface area contributed by atoms with Gasteiger partial charge in [0.1, 0.15) is 0 Å². The van der Waals surface area contributed by atoms with Crippen LogP contribution in [0, 0.1) is 0 Å². The lowest BCUT2D eigenvalue weighted by atomic mass is 10.1. The molecule has 0 spiro atoms. The topological polar surface area (TPSA) is 119 Å². The molecule has 0 atom stereocenters. The summed E-state index contributed by atoms with van der Waals surface area (Å²) in [5, 5.41) is 0. The quantitative estimate of drug-likeness (QED) is 0.559. The molecular formula is C11H13N3O5S. The maximum atomic E-state index is 11.6. The van der Waals surface area contributed by atoms with E-state index in [4.69, 9.17) is 5.73 Å². The van der Waals surface area contributed by atoms with Crippen molar-refractivity contribution in [3.05, 3.63) is 29.3 Å². The van der Waals surface area contributed by atoms with Crippen molar-refractivity contribution in [2.24, 2.45) is 0 Å². The molecule has 0 aliphatic carbocycles. The Hall–Kier alpha value is -2.13. The Labute approximate surface area is 115 Å². The number of hydrogen-bond acceptors (Lipinski definition) is 6. The molecule has 1 heterocycles. The zero-order chi connectivity index (χ0) is 14.9. The molecule has 0 unspecified atom stereocenters. The summed E-state index contributed by atoms with van der Waals surface area (Å²) in [6.07, 6.45) is 0. The van der Waals surface area contributed by atoms with E-state index in [9.17, 15) is 18.0 Å². The van der Waals surface area contributed by atoms with Crippen LogP contribution in [0.5, 0.6) is 0 Å². The highest BCUT2D eigenvalue weighted by atomic mass is 32.2. The van der Waals surface area contributed by atoms with Crippen LogP contribution in [0.15, 0.2) is 18.2 Å². The van der Waals surface area contributed by atoms with Crippen molar-refractivity contribution in [2.45, 2.75) is 6.54 Å². The van der Waals surface area contributed by atoms with E-state index < -0.39 is 22.1 Å². The molecule has 0 aromatic heterocycles. The van der Waals surface area contributed by atoms with Crippen LogP contribution >= 0.6 is 0 Å². The van der Waals surface area contributed by atoms with Gasteiger partial charge in [0.2, 0.25) is 5.91 Å². The van der Waals surface area contributed by atoms with Gasteiger partial charge in [0.25, 0.3) is 0 Å². The molecule has 9 heteroatoms. The molecule has 1 aliphatic heterocycles. The average molecular weight is 299 g/mol. The second-order valence-electron chi connectivity index (χ2n) is 4.21. The van der Waals surface area contributed by atoms with E-state index >= 15 is 0 Å². The van der Waals surface area contributed by atoms with Gasteiger partial charge < -0.3 is 10.5 Å². The molecule has 1 aliphatic rings. The number of anilines is 1. The lowest BCUT2D eigenvalue weighted by Gasteiger charge is -2.13. The summed E-state index contributed by atoms with van der Waals surface area (Å²) in [5.74, 6) is -1.15. The Morgan fingerprint density at radius 1 is 1.50 bits per heavy atom. The first kappa shape index (κ1) is 14.3. The molecule has 108 valence electrons. The first-order valence-corrected chi connectivity index (χ1v) is 7.05. The van der Waals surface area contributed by atoms with Gasteiger partial charge in [-0.1, -0.05) is 6.07 Å². The minimum Gasteiger partial charge on any atom is -0.465 e. The Balaban J connectivity index is 2.21. The fourth-order valence-electron chi connectivity index (χ4n) is 1.84. The highest BCUT2D eigenvalue weighted by Crippen LogP contribution is 2.18. The number of nitrogens with two attached hydrogens (primary N) is 1. The molecule has 0 radical (unpaired) electrons. The molecular weight excluding hydrogens is 286 g/mol. The molecule has 0 saturated carbocycles. The van der Waals surface area contributed by atoms with Gasteiger partial charge in [-0.15, -0.1) is 0 Å². The van der Waals surface area contributed by atoms with E-state index in [1.807, 2.05) is 4.72 Å². The van der Waals surface area contributed by atoms with E-state index in [-0.39, 0.29) is 24.3 Å². The lowest BCUT2D eigenvalue weighted by Crippen LogP contribution is -2.29. The van der Waals surface area contributed by atoms with Crippen molar-refractivity contribution < 1.29 is 22.7 Å². The number of amides is 1. The summed E-state index contributed by atoms with van der Waals surface area (Å²) in [7, 11) is -2.54. The van der Waals surface area contributed by atoms with E-state index in [0.717, 1.165) is 4.31 Å². The van der Waals surface area contributed by atoms with Crippen LogP contribution in [0.3, 0.4) is 0 Å². The summed E-state index contributed by atoms with van der Waals surface area (Å²) in [5.41, 5.74) is 6.67. The van der Waals surface area contributed by atoms with Crippen LogP contribution in [0.25, 0.3) is 0 Å². The Morgan fingerprint density at radius 3 is 2.70 bits per heavy atom. The number of hydrogen-bond donors (Lipinski definition) is 2. The number of nitrogen functional groups attached to an aromatic ring is 1. The number of nitrogens with one attached hydrogen (secondary N) is 1. The van der Waals surface area contributed by atoms with E-state index in [2.05, 4.69) is 4.74 Å². The van der Waals surface area contributed by atoms with E-state index in [1.54, 1.807) is 6.07 Å². The van der Waals surface area contributed by atoms with Gasteiger partial charge in [-0.05, 0) is 17.7 Å². The fraction of sp³-hybridized carbons (Fsp3) is 0.273. The van der Waals surface area contributed by atoms with Crippen LogP contribution in [0.4, 0.5) is 5.69 Å². The standard InChI is InChI=1S/C11H13N3O5S/c1-19-11(16)8-3-2-7(4-9(8)12)5-14-6-10(15)13-20(14,17)18/h2-4H,5-6,12H2,1H3,(H,13,15). The molecule has 1 aromatic carbocycles. The average Bonchev–Trinajstić information content (AvgIpc) is 2.61. The van der Waals surface area contributed by atoms with Crippen molar-refractivity contribution in [1.29, 1.82) is 0 Å². The molecule has 8 nitrogen and oxygen atoms in total. The molecule has 1 aromatic rings. The van der Waals surface area contributed by atoms with Gasteiger partial charge in [-0.2, -0.15) is 12.7 Å². The van der Waals surface area contributed by atoms with Crippen molar-refractivity contribution in [3.8, 4) is 0 Å². The Morgan fingerprint density at radius 2 is 2.20 bits per heavy atom.